The minimum absolute atomic E-state index is 0.0231. The van der Waals surface area contributed by atoms with E-state index in [1.54, 1.807) is 0 Å². The number of carbonyl (C=O) groups excluding carboxylic acids is 1. The quantitative estimate of drug-likeness (QED) is 0.487. The van der Waals surface area contributed by atoms with Crippen molar-refractivity contribution in [3.05, 3.63) is 45.9 Å². The predicted molar refractivity (Wildman–Crippen MR) is 60.8 cm³/mol. The smallest absolute Gasteiger partial charge is 0.394 e. The fraction of sp³-hybridized carbons (Fsp3) is 0.182. The van der Waals surface area contributed by atoms with Crippen LogP contribution in [0.2, 0.25) is 0 Å². The first-order chi connectivity index (χ1) is 8.33. The topological polar surface area (TPSA) is 89.7 Å². The maximum Gasteiger partial charge on any atom is 0.394 e. The lowest BCUT2D eigenvalue weighted by molar-refractivity contribution is -1.000. The van der Waals surface area contributed by atoms with Gasteiger partial charge in [0.1, 0.15) is 14.1 Å². The van der Waals surface area contributed by atoms with Gasteiger partial charge < -0.3 is 5.11 Å². The monoisotopic (exact) mass is 251 g/mol. The maximum absolute atomic E-state index is 12.0. The van der Waals surface area contributed by atoms with E-state index in [9.17, 15) is 20.0 Å². The summed E-state index contributed by atoms with van der Waals surface area (Å²) in [6.07, 6.45) is 0. The van der Waals surface area contributed by atoms with Gasteiger partial charge >= 0.3 is 11.9 Å². The zero-order chi connectivity index (χ0) is 13.5. The van der Waals surface area contributed by atoms with Gasteiger partial charge in [-0.3, -0.25) is 15.0 Å². The van der Waals surface area contributed by atoms with Crippen molar-refractivity contribution in [2.45, 2.75) is 0 Å². The molecule has 0 aromatic heterocycles. The molecule has 2 rings (SSSR count). The van der Waals surface area contributed by atoms with Gasteiger partial charge in [-0.15, -0.1) is 0 Å². The lowest BCUT2D eigenvalue weighted by Crippen LogP contribution is -2.40. The second kappa shape index (κ2) is 3.81. The molecule has 0 radical (unpaired) electrons. The molecule has 0 aliphatic carbocycles. The molecule has 1 heterocycles. The Kier molecular flexibility index (Phi) is 2.55. The minimum Gasteiger partial charge on any atom is -0.476 e. The first kappa shape index (κ1) is 12.1. The lowest BCUT2D eigenvalue weighted by atomic mass is 10.1. The third-order valence-electron chi connectivity index (χ3n) is 2.60. The summed E-state index contributed by atoms with van der Waals surface area (Å²) in [6.45, 7) is 0. The van der Waals surface area contributed by atoms with Crippen LogP contribution in [0.1, 0.15) is 5.56 Å². The number of hydroxylamine groups is 3. The minimum atomic E-state index is -0.537. The van der Waals surface area contributed by atoms with Crippen LogP contribution in [0.3, 0.4) is 0 Å². The molecule has 94 valence electrons. The molecule has 0 bridgehead atoms. The highest BCUT2D eigenvalue weighted by Gasteiger charge is 2.45. The highest BCUT2D eigenvalue weighted by atomic mass is 16.8. The highest BCUT2D eigenvalue weighted by Crippen LogP contribution is 2.31. The van der Waals surface area contributed by atoms with Gasteiger partial charge in [0.25, 0.3) is 5.69 Å². The Morgan fingerprint density at radius 1 is 1.28 bits per heavy atom. The molecule has 1 aromatic rings. The van der Waals surface area contributed by atoms with E-state index in [4.69, 9.17) is 4.84 Å². The molecule has 0 atom stereocenters. The zero-order valence-corrected chi connectivity index (χ0v) is 9.78. The van der Waals surface area contributed by atoms with Crippen LogP contribution >= 0.6 is 0 Å². The molecule has 1 amide bonds. The number of aliphatic hydroxyl groups excluding tert-OH is 1. The molecular formula is C11H11N2O5+. The van der Waals surface area contributed by atoms with Gasteiger partial charge in [0.2, 0.25) is 0 Å². The summed E-state index contributed by atoms with van der Waals surface area (Å²) in [5, 5.41) is 20.1. The van der Waals surface area contributed by atoms with E-state index >= 15 is 0 Å². The molecule has 0 spiro atoms. The molecule has 0 saturated carbocycles. The number of rotatable bonds is 2. The van der Waals surface area contributed by atoms with E-state index in [0.29, 0.717) is 5.56 Å². The van der Waals surface area contributed by atoms with Gasteiger partial charge in [-0.25, -0.2) is 4.79 Å². The van der Waals surface area contributed by atoms with Crippen LogP contribution in [0.15, 0.2) is 30.2 Å². The molecule has 1 aliphatic rings. The summed E-state index contributed by atoms with van der Waals surface area (Å²) in [6, 6.07) is 5.33. The van der Waals surface area contributed by atoms with Crippen molar-refractivity contribution in [3.63, 3.8) is 0 Å². The van der Waals surface area contributed by atoms with Crippen molar-refractivity contribution >= 4 is 17.2 Å². The Hall–Kier alpha value is -2.41. The third-order valence-corrected chi connectivity index (χ3v) is 2.60. The third kappa shape index (κ3) is 1.80. The number of amides is 1. The number of nitro benzene ring substituents is 1. The van der Waals surface area contributed by atoms with E-state index in [-0.39, 0.29) is 11.3 Å². The fourth-order valence-corrected chi connectivity index (χ4v) is 1.66. The summed E-state index contributed by atoms with van der Waals surface area (Å²) < 4.78 is -0.446. The van der Waals surface area contributed by atoms with E-state index in [1.807, 2.05) is 0 Å². The number of benzene rings is 1. The van der Waals surface area contributed by atoms with Gasteiger partial charge in [-0.2, -0.15) is 0 Å². The second-order valence-electron chi connectivity index (χ2n) is 4.23. The summed E-state index contributed by atoms with van der Waals surface area (Å²) in [5.41, 5.74) is 0.320. The summed E-state index contributed by atoms with van der Waals surface area (Å²) in [5.74, 6) is -0.889. The predicted octanol–water partition coefficient (Wildman–Crippen LogP) is 1.37. The van der Waals surface area contributed by atoms with Crippen molar-refractivity contribution in [1.82, 2.24) is 0 Å². The molecule has 18 heavy (non-hydrogen) atoms. The first-order valence-electron chi connectivity index (χ1n) is 5.09. The molecule has 7 nitrogen and oxygen atoms in total. The van der Waals surface area contributed by atoms with Gasteiger partial charge in [0.15, 0.2) is 5.57 Å². The van der Waals surface area contributed by atoms with Gasteiger partial charge in [0.05, 0.1) is 4.92 Å². The van der Waals surface area contributed by atoms with Crippen LogP contribution in [0, 0.1) is 10.1 Å². The number of aliphatic hydroxyl groups is 1. The normalized spacial score (nSPS) is 17.8. The lowest BCUT2D eigenvalue weighted by Gasteiger charge is -2.15. The number of nitro groups is 1. The van der Waals surface area contributed by atoms with Crippen LogP contribution in [-0.4, -0.2) is 34.7 Å². The maximum atomic E-state index is 12.0. The van der Waals surface area contributed by atoms with Gasteiger partial charge in [-0.05, 0) is 17.7 Å². The standard InChI is InChI=1S/C11H10N2O5/c1-13(2)10(14)9(11(15)18-13)7-3-5-8(6-4-7)12(16)17/h3-6H,1-2H3/p+1. The molecule has 0 unspecified atom stereocenters. The molecule has 1 N–H and O–H groups in total. The van der Waals surface area contributed by atoms with Crippen LogP contribution in [0.5, 0.6) is 0 Å². The average Bonchev–Trinajstić information content (AvgIpc) is 2.48. The van der Waals surface area contributed by atoms with E-state index in [0.717, 1.165) is 0 Å². The first-order valence-corrected chi connectivity index (χ1v) is 5.09. The fourth-order valence-electron chi connectivity index (χ4n) is 1.66. The largest absolute Gasteiger partial charge is 0.476 e. The Morgan fingerprint density at radius 3 is 2.22 bits per heavy atom. The molecule has 7 heteroatoms. The molecule has 1 aromatic carbocycles. The molecule has 1 aliphatic heterocycles. The number of nitrogens with zero attached hydrogens (tertiary/aromatic N) is 2. The number of likely N-dealkylation sites (N-methyl/N-ethyl adjacent to an activating group) is 1. The van der Waals surface area contributed by atoms with Gasteiger partial charge in [0, 0.05) is 12.1 Å². The Balaban J connectivity index is 2.41. The zero-order valence-electron chi connectivity index (χ0n) is 9.78. The van der Waals surface area contributed by atoms with Crippen LogP contribution < -0.4 is 0 Å². The Bertz CT molecular complexity index is 559. The Labute approximate surface area is 102 Å². The van der Waals surface area contributed by atoms with Crippen LogP contribution in [0.25, 0.3) is 5.57 Å². The van der Waals surface area contributed by atoms with Crippen molar-refractivity contribution in [3.8, 4) is 0 Å². The number of hydrogen-bond acceptors (Lipinski definition) is 5. The van der Waals surface area contributed by atoms with Crippen molar-refractivity contribution < 1.29 is 24.3 Å². The number of hydrogen-bond donors (Lipinski definition) is 1. The molecular weight excluding hydrogens is 240 g/mol. The molecule has 0 fully saturated rings. The van der Waals surface area contributed by atoms with E-state index in [1.165, 1.54) is 38.4 Å². The highest BCUT2D eigenvalue weighted by molar-refractivity contribution is 6.17. The van der Waals surface area contributed by atoms with Crippen molar-refractivity contribution in [2.75, 3.05) is 14.1 Å². The Morgan fingerprint density at radius 2 is 1.83 bits per heavy atom. The number of quaternary nitrogens is 1. The summed E-state index contributed by atoms with van der Waals surface area (Å²) in [4.78, 5) is 26.9. The average molecular weight is 251 g/mol. The summed E-state index contributed by atoms with van der Waals surface area (Å²) in [7, 11) is 2.97. The SMILES string of the molecule is C[N+]1(C)OC(O)=C(c2ccc([N+](=O)[O-])cc2)C1=O. The van der Waals surface area contributed by atoms with Crippen LogP contribution in [-0.2, 0) is 9.63 Å². The van der Waals surface area contributed by atoms with E-state index in [2.05, 4.69) is 0 Å². The summed E-state index contributed by atoms with van der Waals surface area (Å²) >= 11 is 0. The second-order valence-corrected chi connectivity index (χ2v) is 4.23. The number of carbonyl (C=O) groups is 1. The van der Waals surface area contributed by atoms with Crippen molar-refractivity contribution in [2.24, 2.45) is 0 Å². The van der Waals surface area contributed by atoms with Crippen molar-refractivity contribution in [1.29, 1.82) is 0 Å². The van der Waals surface area contributed by atoms with Gasteiger partial charge in [-0.1, -0.05) is 4.65 Å². The van der Waals surface area contributed by atoms with Crippen LogP contribution in [0.4, 0.5) is 5.69 Å². The van der Waals surface area contributed by atoms with E-state index < -0.39 is 21.4 Å². The number of non-ortho nitro benzene ring substituents is 1. The molecule has 0 saturated heterocycles.